The summed E-state index contributed by atoms with van der Waals surface area (Å²) in [5.41, 5.74) is 2.41. The Morgan fingerprint density at radius 1 is 1.10 bits per heavy atom. The lowest BCUT2D eigenvalue weighted by Crippen LogP contribution is -2.16. The van der Waals surface area contributed by atoms with E-state index >= 15 is 0 Å². The maximum absolute atomic E-state index is 3.29. The Morgan fingerprint density at radius 2 is 1.60 bits per heavy atom. The summed E-state index contributed by atoms with van der Waals surface area (Å²) in [6.45, 7) is 2.10. The van der Waals surface area contributed by atoms with E-state index in [2.05, 4.69) is 29.7 Å². The van der Waals surface area contributed by atoms with Gasteiger partial charge in [0.15, 0.2) is 0 Å². The zero-order chi connectivity index (χ0) is 6.97. The minimum atomic E-state index is 0.373. The van der Waals surface area contributed by atoms with Crippen molar-refractivity contribution in [2.75, 3.05) is 10.6 Å². The van der Waals surface area contributed by atoms with E-state index in [4.69, 9.17) is 0 Å². The van der Waals surface area contributed by atoms with Gasteiger partial charge in [-0.3, -0.25) is 0 Å². The zero-order valence-corrected chi connectivity index (χ0v) is 5.89. The van der Waals surface area contributed by atoms with Gasteiger partial charge in [0.25, 0.3) is 0 Å². The molecule has 0 aromatic heterocycles. The molecule has 0 fully saturated rings. The van der Waals surface area contributed by atoms with Gasteiger partial charge in [-0.15, -0.1) is 0 Å². The highest BCUT2D eigenvalue weighted by atomic mass is 15.2. The summed E-state index contributed by atoms with van der Waals surface area (Å²) >= 11 is 0. The number of fused-ring (bicyclic) bond motifs is 1. The van der Waals surface area contributed by atoms with Crippen LogP contribution in [0.3, 0.4) is 0 Å². The van der Waals surface area contributed by atoms with Crippen LogP contribution in [0.25, 0.3) is 0 Å². The molecule has 10 heavy (non-hydrogen) atoms. The molecule has 0 spiro atoms. The minimum Gasteiger partial charge on any atom is -0.364 e. The van der Waals surface area contributed by atoms with E-state index in [1.807, 2.05) is 12.1 Å². The Kier molecular flexibility index (Phi) is 1.07. The smallest absolute Gasteiger partial charge is 0.0935 e. The van der Waals surface area contributed by atoms with Crippen molar-refractivity contribution in [2.24, 2.45) is 0 Å². The molecule has 2 N–H and O–H groups in total. The summed E-state index contributed by atoms with van der Waals surface area (Å²) in [6.07, 6.45) is 0.373. The molecule has 0 bridgehead atoms. The maximum Gasteiger partial charge on any atom is 0.0935 e. The molecule has 0 saturated heterocycles. The van der Waals surface area contributed by atoms with Gasteiger partial charge in [0.1, 0.15) is 0 Å². The van der Waals surface area contributed by atoms with Crippen LogP contribution in [-0.4, -0.2) is 6.17 Å². The summed E-state index contributed by atoms with van der Waals surface area (Å²) in [5, 5.41) is 6.57. The molecule has 0 atom stereocenters. The van der Waals surface area contributed by atoms with Crippen LogP contribution in [0.2, 0.25) is 0 Å². The van der Waals surface area contributed by atoms with Crippen LogP contribution in [0.1, 0.15) is 6.92 Å². The summed E-state index contributed by atoms with van der Waals surface area (Å²) in [6, 6.07) is 8.22. The van der Waals surface area contributed by atoms with Crippen LogP contribution in [0.5, 0.6) is 0 Å². The number of nitrogens with one attached hydrogen (secondary N) is 2. The van der Waals surface area contributed by atoms with Gasteiger partial charge in [-0.1, -0.05) is 12.1 Å². The van der Waals surface area contributed by atoms with E-state index < -0.39 is 0 Å². The predicted octanol–water partition coefficient (Wildman–Crippen LogP) is 1.87. The normalized spacial score (nSPS) is 15.7. The quantitative estimate of drug-likeness (QED) is 0.566. The maximum atomic E-state index is 3.29. The largest absolute Gasteiger partial charge is 0.364 e. The topological polar surface area (TPSA) is 24.1 Å². The fourth-order valence-electron chi connectivity index (χ4n) is 1.24. The Balaban J connectivity index is 2.42. The van der Waals surface area contributed by atoms with Gasteiger partial charge in [0, 0.05) is 0 Å². The van der Waals surface area contributed by atoms with Crippen molar-refractivity contribution in [2.45, 2.75) is 13.1 Å². The van der Waals surface area contributed by atoms with Crippen molar-refractivity contribution >= 4 is 11.4 Å². The van der Waals surface area contributed by atoms with Crippen LogP contribution >= 0.6 is 0 Å². The summed E-state index contributed by atoms with van der Waals surface area (Å²) in [5.74, 6) is 0. The van der Waals surface area contributed by atoms with E-state index in [0.29, 0.717) is 6.17 Å². The zero-order valence-electron chi connectivity index (χ0n) is 5.89. The van der Waals surface area contributed by atoms with Crippen molar-refractivity contribution in [1.82, 2.24) is 0 Å². The van der Waals surface area contributed by atoms with Crippen molar-refractivity contribution in [1.29, 1.82) is 0 Å². The molecule has 0 radical (unpaired) electrons. The van der Waals surface area contributed by atoms with Crippen LogP contribution in [0.4, 0.5) is 11.4 Å². The molecule has 2 heteroatoms. The third-order valence-electron chi connectivity index (χ3n) is 1.67. The molecule has 0 aliphatic carbocycles. The minimum absolute atomic E-state index is 0.373. The molecule has 2 rings (SSSR count). The second-order valence-corrected chi connectivity index (χ2v) is 2.56. The summed E-state index contributed by atoms with van der Waals surface area (Å²) in [4.78, 5) is 0. The first-order chi connectivity index (χ1) is 4.86. The van der Waals surface area contributed by atoms with Crippen molar-refractivity contribution in [3.05, 3.63) is 24.3 Å². The number of hydrogen-bond donors (Lipinski definition) is 2. The first-order valence-corrected chi connectivity index (χ1v) is 3.48. The highest BCUT2D eigenvalue weighted by Gasteiger charge is 2.12. The Labute approximate surface area is 60.3 Å². The van der Waals surface area contributed by atoms with Crippen molar-refractivity contribution in [3.8, 4) is 0 Å². The molecule has 1 aromatic carbocycles. The van der Waals surface area contributed by atoms with Crippen LogP contribution in [0.15, 0.2) is 24.3 Å². The van der Waals surface area contributed by atoms with E-state index in [1.54, 1.807) is 0 Å². The number of anilines is 2. The lowest BCUT2D eigenvalue weighted by Gasteiger charge is -2.01. The number of hydrogen-bond acceptors (Lipinski definition) is 2. The molecule has 0 unspecified atom stereocenters. The standard InChI is InChI=1S/C8H10N2/c1-6-9-7-4-2-3-5-8(7)10-6/h2-6,9-10H,1H3. The number of para-hydroxylation sites is 2. The summed E-state index contributed by atoms with van der Waals surface area (Å²) in [7, 11) is 0. The monoisotopic (exact) mass is 134 g/mol. The molecule has 0 amide bonds. The van der Waals surface area contributed by atoms with E-state index in [0.717, 1.165) is 0 Å². The van der Waals surface area contributed by atoms with Crippen molar-refractivity contribution < 1.29 is 0 Å². The second kappa shape index (κ2) is 1.90. The predicted molar refractivity (Wildman–Crippen MR) is 43.1 cm³/mol. The molecule has 1 aliphatic rings. The molecular formula is C8H10N2. The molecule has 2 nitrogen and oxygen atoms in total. The SMILES string of the molecule is CC1Nc2ccccc2N1. The lowest BCUT2D eigenvalue weighted by atomic mass is 10.3. The van der Waals surface area contributed by atoms with Crippen LogP contribution in [0, 0.1) is 0 Å². The Hall–Kier alpha value is -1.18. The highest BCUT2D eigenvalue weighted by Crippen LogP contribution is 2.27. The van der Waals surface area contributed by atoms with Gasteiger partial charge >= 0.3 is 0 Å². The third kappa shape index (κ3) is 0.727. The fourth-order valence-corrected chi connectivity index (χ4v) is 1.24. The average Bonchev–Trinajstić information content (AvgIpc) is 2.27. The Bertz CT molecular complexity index is 220. The van der Waals surface area contributed by atoms with Gasteiger partial charge in [-0.2, -0.15) is 0 Å². The Morgan fingerprint density at radius 3 is 2.10 bits per heavy atom. The van der Waals surface area contributed by atoms with Crippen molar-refractivity contribution in [3.63, 3.8) is 0 Å². The number of rotatable bonds is 0. The first kappa shape index (κ1) is 5.59. The summed E-state index contributed by atoms with van der Waals surface area (Å²) < 4.78 is 0. The van der Waals surface area contributed by atoms with E-state index in [-0.39, 0.29) is 0 Å². The van der Waals surface area contributed by atoms with Crippen LogP contribution in [-0.2, 0) is 0 Å². The van der Waals surface area contributed by atoms with E-state index in [1.165, 1.54) is 11.4 Å². The highest BCUT2D eigenvalue weighted by molar-refractivity contribution is 5.73. The van der Waals surface area contributed by atoms with Gasteiger partial charge in [-0.25, -0.2) is 0 Å². The number of benzene rings is 1. The fraction of sp³-hybridized carbons (Fsp3) is 0.250. The van der Waals surface area contributed by atoms with Gasteiger partial charge in [0.2, 0.25) is 0 Å². The molecule has 0 saturated carbocycles. The lowest BCUT2D eigenvalue weighted by molar-refractivity contribution is 0.956. The molecule has 1 heterocycles. The molecular weight excluding hydrogens is 124 g/mol. The second-order valence-electron chi connectivity index (χ2n) is 2.56. The molecule has 1 aliphatic heterocycles. The van der Waals surface area contributed by atoms with Gasteiger partial charge in [0.05, 0.1) is 17.5 Å². The van der Waals surface area contributed by atoms with Gasteiger partial charge < -0.3 is 10.6 Å². The van der Waals surface area contributed by atoms with Gasteiger partial charge in [-0.05, 0) is 19.1 Å². The third-order valence-corrected chi connectivity index (χ3v) is 1.67. The van der Waals surface area contributed by atoms with E-state index in [9.17, 15) is 0 Å². The van der Waals surface area contributed by atoms with Crippen LogP contribution < -0.4 is 10.6 Å². The first-order valence-electron chi connectivity index (χ1n) is 3.48. The molecule has 1 aromatic rings. The molecule has 52 valence electrons. The average molecular weight is 134 g/mol.